The van der Waals surface area contributed by atoms with Gasteiger partial charge < -0.3 is 4.42 Å². The van der Waals surface area contributed by atoms with Crippen LogP contribution in [0.1, 0.15) is 49.5 Å². The highest BCUT2D eigenvalue weighted by molar-refractivity contribution is 5.73. The van der Waals surface area contributed by atoms with Gasteiger partial charge in [0.25, 0.3) is 0 Å². The average Bonchev–Trinajstić information content (AvgIpc) is 2.81. The number of fused-ring (bicyclic) bond motifs is 1. The molecule has 2 aromatic rings. The number of nitrogens with zero attached hydrogens (tertiary/aromatic N) is 2. The normalized spacial score (nSPS) is 16.8. The van der Waals surface area contributed by atoms with Gasteiger partial charge in [0.1, 0.15) is 11.9 Å². The van der Waals surface area contributed by atoms with E-state index in [9.17, 15) is 0 Å². The maximum atomic E-state index is 8.65. The number of rotatable bonds is 2. The van der Waals surface area contributed by atoms with Crippen molar-refractivity contribution >= 4 is 11.1 Å². The Morgan fingerprint density at radius 1 is 1.28 bits per heavy atom. The second-order valence-electron chi connectivity index (χ2n) is 5.00. The number of benzene rings is 1. The fourth-order valence-electron chi connectivity index (χ4n) is 2.83. The van der Waals surface area contributed by atoms with Gasteiger partial charge in [0.15, 0.2) is 5.58 Å². The molecule has 92 valence electrons. The highest BCUT2D eigenvalue weighted by atomic mass is 16.3. The third-order valence-corrected chi connectivity index (χ3v) is 3.76. The first-order chi connectivity index (χ1) is 8.86. The molecule has 1 aliphatic rings. The Bertz CT molecular complexity index is 588. The minimum atomic E-state index is 0.243. The van der Waals surface area contributed by atoms with Crippen LogP contribution in [0.2, 0.25) is 0 Å². The zero-order valence-electron chi connectivity index (χ0n) is 10.4. The van der Waals surface area contributed by atoms with E-state index in [0.29, 0.717) is 11.8 Å². The molecule has 0 spiro atoms. The third-order valence-electron chi connectivity index (χ3n) is 3.76. The molecule has 3 rings (SSSR count). The molecule has 1 aromatic carbocycles. The standard InChI is InChI=1S/C15H16N2O/c16-9-8-15-17-13-10-12(6-7-14(13)18-15)11-4-2-1-3-5-11/h6-7,10-11H,1-5,8H2. The van der Waals surface area contributed by atoms with Crippen molar-refractivity contribution in [1.29, 1.82) is 5.26 Å². The Labute approximate surface area is 106 Å². The summed E-state index contributed by atoms with van der Waals surface area (Å²) < 4.78 is 5.52. The van der Waals surface area contributed by atoms with Crippen molar-refractivity contribution in [1.82, 2.24) is 4.98 Å². The van der Waals surface area contributed by atoms with Gasteiger partial charge in [0, 0.05) is 0 Å². The van der Waals surface area contributed by atoms with E-state index in [1.165, 1.54) is 37.7 Å². The molecule has 1 heterocycles. The van der Waals surface area contributed by atoms with E-state index in [1.54, 1.807) is 0 Å². The second-order valence-corrected chi connectivity index (χ2v) is 5.00. The van der Waals surface area contributed by atoms with Crippen molar-refractivity contribution in [2.75, 3.05) is 0 Å². The van der Waals surface area contributed by atoms with E-state index in [0.717, 1.165) is 11.1 Å². The molecule has 0 unspecified atom stereocenters. The van der Waals surface area contributed by atoms with Gasteiger partial charge >= 0.3 is 0 Å². The molecule has 0 N–H and O–H groups in total. The van der Waals surface area contributed by atoms with Gasteiger partial charge in [0.2, 0.25) is 5.89 Å². The van der Waals surface area contributed by atoms with Crippen molar-refractivity contribution in [2.24, 2.45) is 0 Å². The van der Waals surface area contributed by atoms with Gasteiger partial charge in [-0.15, -0.1) is 0 Å². The van der Waals surface area contributed by atoms with Gasteiger partial charge in [-0.1, -0.05) is 25.3 Å². The van der Waals surface area contributed by atoms with Crippen LogP contribution in [0.15, 0.2) is 22.6 Å². The number of aromatic nitrogens is 1. The lowest BCUT2D eigenvalue weighted by molar-refractivity contribution is 0.444. The molecule has 0 saturated heterocycles. The van der Waals surface area contributed by atoms with Crippen molar-refractivity contribution in [2.45, 2.75) is 44.4 Å². The Morgan fingerprint density at radius 2 is 2.11 bits per heavy atom. The zero-order valence-corrected chi connectivity index (χ0v) is 10.4. The minimum absolute atomic E-state index is 0.243. The Hall–Kier alpha value is -1.82. The van der Waals surface area contributed by atoms with Gasteiger partial charge in [-0.2, -0.15) is 5.26 Å². The van der Waals surface area contributed by atoms with E-state index in [1.807, 2.05) is 6.07 Å². The Morgan fingerprint density at radius 3 is 2.89 bits per heavy atom. The first kappa shape index (κ1) is 11.3. The molecule has 3 heteroatoms. The molecular weight excluding hydrogens is 224 g/mol. The van der Waals surface area contributed by atoms with Gasteiger partial charge in [-0.3, -0.25) is 0 Å². The topological polar surface area (TPSA) is 49.8 Å². The van der Waals surface area contributed by atoms with Crippen LogP contribution in [0.5, 0.6) is 0 Å². The number of oxazole rings is 1. The smallest absolute Gasteiger partial charge is 0.209 e. The third kappa shape index (κ3) is 2.11. The van der Waals surface area contributed by atoms with Crippen LogP contribution in [0.3, 0.4) is 0 Å². The molecule has 1 fully saturated rings. The second kappa shape index (κ2) is 4.81. The summed E-state index contributed by atoms with van der Waals surface area (Å²) in [4.78, 5) is 4.37. The van der Waals surface area contributed by atoms with E-state index >= 15 is 0 Å². The molecule has 1 aliphatic carbocycles. The zero-order chi connectivity index (χ0) is 12.4. The van der Waals surface area contributed by atoms with Crippen LogP contribution in [0.4, 0.5) is 0 Å². The lowest BCUT2D eigenvalue weighted by Crippen LogP contribution is -2.04. The van der Waals surface area contributed by atoms with Crippen LogP contribution in [-0.2, 0) is 6.42 Å². The summed E-state index contributed by atoms with van der Waals surface area (Å²) in [6.45, 7) is 0. The van der Waals surface area contributed by atoms with Crippen molar-refractivity contribution in [3.05, 3.63) is 29.7 Å². The summed E-state index contributed by atoms with van der Waals surface area (Å²) in [5.41, 5.74) is 3.06. The van der Waals surface area contributed by atoms with E-state index in [2.05, 4.69) is 23.2 Å². The average molecular weight is 240 g/mol. The lowest BCUT2D eigenvalue weighted by atomic mass is 9.84. The van der Waals surface area contributed by atoms with Crippen molar-refractivity contribution in [3.63, 3.8) is 0 Å². The molecule has 0 radical (unpaired) electrons. The molecule has 1 aromatic heterocycles. The number of nitriles is 1. The van der Waals surface area contributed by atoms with E-state index in [4.69, 9.17) is 9.68 Å². The lowest BCUT2D eigenvalue weighted by Gasteiger charge is -2.21. The fraction of sp³-hybridized carbons (Fsp3) is 0.467. The first-order valence-corrected chi connectivity index (χ1v) is 6.63. The van der Waals surface area contributed by atoms with Crippen LogP contribution < -0.4 is 0 Å². The van der Waals surface area contributed by atoms with Gasteiger partial charge in [-0.25, -0.2) is 4.98 Å². The summed E-state index contributed by atoms with van der Waals surface area (Å²) in [6, 6.07) is 8.35. The predicted octanol–water partition coefficient (Wildman–Crippen LogP) is 3.94. The Balaban J connectivity index is 1.92. The van der Waals surface area contributed by atoms with Crippen molar-refractivity contribution in [3.8, 4) is 6.07 Å². The molecule has 3 nitrogen and oxygen atoms in total. The fourth-order valence-corrected chi connectivity index (χ4v) is 2.83. The molecule has 18 heavy (non-hydrogen) atoms. The molecular formula is C15H16N2O. The minimum Gasteiger partial charge on any atom is -0.440 e. The van der Waals surface area contributed by atoms with Crippen LogP contribution in [0.25, 0.3) is 11.1 Å². The van der Waals surface area contributed by atoms with Gasteiger partial charge in [-0.05, 0) is 36.5 Å². The monoisotopic (exact) mass is 240 g/mol. The summed E-state index contributed by atoms with van der Waals surface area (Å²) in [7, 11) is 0. The number of hydrogen-bond acceptors (Lipinski definition) is 3. The number of hydrogen-bond donors (Lipinski definition) is 0. The molecule has 0 bridgehead atoms. The van der Waals surface area contributed by atoms with Crippen LogP contribution >= 0.6 is 0 Å². The summed E-state index contributed by atoms with van der Waals surface area (Å²) in [6.07, 6.45) is 6.85. The summed E-state index contributed by atoms with van der Waals surface area (Å²) >= 11 is 0. The largest absolute Gasteiger partial charge is 0.440 e. The molecule has 1 saturated carbocycles. The molecule has 0 atom stereocenters. The molecule has 0 aliphatic heterocycles. The van der Waals surface area contributed by atoms with Gasteiger partial charge in [0.05, 0.1) is 6.07 Å². The SMILES string of the molecule is N#CCc1nc2cc(C3CCCCC3)ccc2o1. The quantitative estimate of drug-likeness (QED) is 0.798. The summed E-state index contributed by atoms with van der Waals surface area (Å²) in [5, 5.41) is 8.65. The first-order valence-electron chi connectivity index (χ1n) is 6.63. The maximum absolute atomic E-state index is 8.65. The maximum Gasteiger partial charge on any atom is 0.209 e. The van der Waals surface area contributed by atoms with Crippen LogP contribution in [-0.4, -0.2) is 4.98 Å². The van der Waals surface area contributed by atoms with Crippen molar-refractivity contribution < 1.29 is 4.42 Å². The predicted molar refractivity (Wildman–Crippen MR) is 69.2 cm³/mol. The highest BCUT2D eigenvalue weighted by Gasteiger charge is 2.16. The summed E-state index contributed by atoms with van der Waals surface area (Å²) in [5.74, 6) is 1.20. The van der Waals surface area contributed by atoms with E-state index < -0.39 is 0 Å². The highest BCUT2D eigenvalue weighted by Crippen LogP contribution is 2.33. The molecule has 0 amide bonds. The van der Waals surface area contributed by atoms with Crippen LogP contribution in [0, 0.1) is 11.3 Å². The van der Waals surface area contributed by atoms with E-state index in [-0.39, 0.29) is 6.42 Å². The Kier molecular flexibility index (Phi) is 3.02.